The van der Waals surface area contributed by atoms with Gasteiger partial charge >= 0.3 is 6.09 Å². The predicted octanol–water partition coefficient (Wildman–Crippen LogP) is 1.06. The van der Waals surface area contributed by atoms with Crippen molar-refractivity contribution in [1.29, 1.82) is 0 Å². The van der Waals surface area contributed by atoms with Crippen molar-refractivity contribution in [3.05, 3.63) is 36.4 Å². The Hall–Kier alpha value is -2.04. The monoisotopic (exact) mass is 191 g/mol. The molecule has 1 aromatic heterocycles. The molecule has 14 heavy (non-hydrogen) atoms. The lowest BCUT2D eigenvalue weighted by Crippen LogP contribution is -2.20. The Balaban J connectivity index is 2.37. The molecule has 1 aliphatic heterocycles. The Morgan fingerprint density at radius 3 is 3.29 bits per heavy atom. The van der Waals surface area contributed by atoms with E-state index >= 15 is 0 Å². The Morgan fingerprint density at radius 2 is 2.50 bits per heavy atom. The van der Waals surface area contributed by atoms with Gasteiger partial charge in [0.05, 0.1) is 5.70 Å². The zero-order chi connectivity index (χ0) is 9.97. The number of aromatic nitrogens is 2. The van der Waals surface area contributed by atoms with Crippen LogP contribution >= 0.6 is 0 Å². The molecule has 2 rings (SSSR count). The molecule has 0 spiro atoms. The molecule has 0 bridgehead atoms. The number of hydrogen-bond donors (Lipinski definition) is 2. The minimum atomic E-state index is -1.08. The van der Waals surface area contributed by atoms with E-state index < -0.39 is 6.09 Å². The molecule has 2 N–H and O–H groups in total. The first kappa shape index (κ1) is 8.55. The number of amides is 1. The van der Waals surface area contributed by atoms with E-state index in [1.54, 1.807) is 18.3 Å². The number of allylic oxidation sites excluding steroid dienone is 3. The van der Waals surface area contributed by atoms with Crippen LogP contribution in [0.1, 0.15) is 5.82 Å². The number of nitrogens with one attached hydrogen (secondary N) is 1. The van der Waals surface area contributed by atoms with Crippen LogP contribution in [0.25, 0.3) is 5.70 Å². The van der Waals surface area contributed by atoms with Gasteiger partial charge in [-0.25, -0.2) is 9.78 Å². The number of nitrogens with zero attached hydrogens (tertiary/aromatic N) is 2. The van der Waals surface area contributed by atoms with Crippen LogP contribution in [0, 0.1) is 0 Å². The predicted molar refractivity (Wildman–Crippen MR) is 50.5 cm³/mol. The van der Waals surface area contributed by atoms with Gasteiger partial charge in [0.25, 0.3) is 0 Å². The largest absolute Gasteiger partial charge is 0.465 e. The summed E-state index contributed by atoms with van der Waals surface area (Å²) in [5.41, 5.74) is 0.497. The highest BCUT2D eigenvalue weighted by Crippen LogP contribution is 2.12. The van der Waals surface area contributed by atoms with E-state index in [-0.39, 0.29) is 0 Å². The fourth-order valence-electron chi connectivity index (χ4n) is 1.33. The summed E-state index contributed by atoms with van der Waals surface area (Å²) >= 11 is 0. The van der Waals surface area contributed by atoms with E-state index in [4.69, 9.17) is 5.11 Å². The summed E-state index contributed by atoms with van der Waals surface area (Å²) < 4.78 is 1.87. The number of carboxylic acid groups (broad SMARTS) is 1. The third-order valence-corrected chi connectivity index (χ3v) is 1.90. The average Bonchev–Trinajstić information content (AvgIpc) is 2.51. The number of carbonyl (C=O) groups is 1. The summed E-state index contributed by atoms with van der Waals surface area (Å²) in [6.45, 7) is 0.705. The molecule has 1 aliphatic rings. The average molecular weight is 191 g/mol. The molecule has 0 saturated carbocycles. The minimum Gasteiger partial charge on any atom is -0.465 e. The zero-order valence-corrected chi connectivity index (χ0v) is 7.34. The van der Waals surface area contributed by atoms with Crippen molar-refractivity contribution in [2.75, 3.05) is 0 Å². The Morgan fingerprint density at radius 1 is 1.64 bits per heavy atom. The maximum absolute atomic E-state index is 10.5. The fraction of sp³-hybridized carbons (Fsp3) is 0.111. The van der Waals surface area contributed by atoms with Gasteiger partial charge in [0, 0.05) is 18.9 Å². The van der Waals surface area contributed by atoms with E-state index in [0.717, 1.165) is 0 Å². The lowest BCUT2D eigenvalue weighted by Gasteiger charge is -2.06. The van der Waals surface area contributed by atoms with Gasteiger partial charge in [-0.05, 0) is 6.08 Å². The second-order valence-electron chi connectivity index (χ2n) is 2.84. The molecule has 0 saturated heterocycles. The summed E-state index contributed by atoms with van der Waals surface area (Å²) in [6, 6.07) is 0. The smallest absolute Gasteiger partial charge is 0.409 e. The molecule has 2 heterocycles. The highest BCUT2D eigenvalue weighted by atomic mass is 16.4. The van der Waals surface area contributed by atoms with E-state index in [9.17, 15) is 4.79 Å². The van der Waals surface area contributed by atoms with E-state index in [1.165, 1.54) is 0 Å². The van der Waals surface area contributed by atoms with Crippen molar-refractivity contribution in [3.63, 3.8) is 0 Å². The minimum absolute atomic E-state index is 0.497. The molecule has 5 nitrogen and oxygen atoms in total. The van der Waals surface area contributed by atoms with Crippen molar-refractivity contribution in [2.24, 2.45) is 0 Å². The standard InChI is InChI=1S/C9H9N3O2/c13-9(14)11-7-3-1-2-5-12-6-4-10-8(7)12/h1-4,6,11H,5H2,(H,13,14). The molecular formula is C9H9N3O2. The first-order valence-corrected chi connectivity index (χ1v) is 4.15. The first-order valence-electron chi connectivity index (χ1n) is 4.15. The van der Waals surface area contributed by atoms with E-state index in [0.29, 0.717) is 18.1 Å². The third-order valence-electron chi connectivity index (χ3n) is 1.90. The molecule has 0 aliphatic carbocycles. The molecule has 1 aromatic rings. The second kappa shape index (κ2) is 3.37. The lowest BCUT2D eigenvalue weighted by molar-refractivity contribution is 0.199. The Bertz CT molecular complexity index is 417. The third kappa shape index (κ3) is 1.52. The van der Waals surface area contributed by atoms with Crippen molar-refractivity contribution < 1.29 is 9.90 Å². The summed E-state index contributed by atoms with van der Waals surface area (Å²) in [5.74, 6) is 0.636. The lowest BCUT2D eigenvalue weighted by atomic mass is 10.3. The quantitative estimate of drug-likeness (QED) is 0.697. The van der Waals surface area contributed by atoms with Gasteiger partial charge in [-0.2, -0.15) is 0 Å². The highest BCUT2D eigenvalue weighted by molar-refractivity contribution is 5.79. The molecule has 0 unspecified atom stereocenters. The molecule has 0 atom stereocenters. The van der Waals surface area contributed by atoms with Gasteiger partial charge < -0.3 is 9.67 Å². The second-order valence-corrected chi connectivity index (χ2v) is 2.84. The van der Waals surface area contributed by atoms with Crippen LogP contribution in [0.5, 0.6) is 0 Å². The van der Waals surface area contributed by atoms with Gasteiger partial charge in [-0.3, -0.25) is 5.32 Å². The van der Waals surface area contributed by atoms with Crippen LogP contribution < -0.4 is 5.32 Å². The zero-order valence-electron chi connectivity index (χ0n) is 7.34. The molecular weight excluding hydrogens is 182 g/mol. The number of rotatable bonds is 1. The Labute approximate surface area is 80.4 Å². The highest BCUT2D eigenvalue weighted by Gasteiger charge is 2.11. The van der Waals surface area contributed by atoms with Crippen molar-refractivity contribution >= 4 is 11.8 Å². The molecule has 1 amide bonds. The van der Waals surface area contributed by atoms with Crippen LogP contribution in [-0.2, 0) is 6.54 Å². The Kier molecular flexibility index (Phi) is 2.06. The summed E-state index contributed by atoms with van der Waals surface area (Å²) in [6.07, 6.45) is 7.80. The van der Waals surface area contributed by atoms with Crippen molar-refractivity contribution in [2.45, 2.75) is 6.54 Å². The SMILES string of the molecule is O=C(O)NC1=CC=CCn2ccnc21. The van der Waals surface area contributed by atoms with Crippen molar-refractivity contribution in [3.8, 4) is 0 Å². The molecule has 0 fully saturated rings. The van der Waals surface area contributed by atoms with Crippen LogP contribution in [0.4, 0.5) is 4.79 Å². The van der Waals surface area contributed by atoms with Crippen LogP contribution in [0.15, 0.2) is 30.6 Å². The maximum atomic E-state index is 10.5. The molecule has 5 heteroatoms. The van der Waals surface area contributed by atoms with Gasteiger partial charge in [-0.15, -0.1) is 0 Å². The summed E-state index contributed by atoms with van der Waals surface area (Å²) in [7, 11) is 0. The van der Waals surface area contributed by atoms with Crippen LogP contribution in [-0.4, -0.2) is 20.8 Å². The van der Waals surface area contributed by atoms with Crippen LogP contribution in [0.3, 0.4) is 0 Å². The van der Waals surface area contributed by atoms with E-state index in [2.05, 4.69) is 10.3 Å². The van der Waals surface area contributed by atoms with Crippen LogP contribution in [0.2, 0.25) is 0 Å². The van der Waals surface area contributed by atoms with Gasteiger partial charge in [0.1, 0.15) is 0 Å². The maximum Gasteiger partial charge on any atom is 0.409 e. The van der Waals surface area contributed by atoms with E-state index in [1.807, 2.05) is 16.8 Å². The topological polar surface area (TPSA) is 67.2 Å². The first-order chi connectivity index (χ1) is 6.77. The summed E-state index contributed by atoms with van der Waals surface area (Å²) in [5, 5.41) is 10.9. The number of imidazole rings is 1. The molecule has 72 valence electrons. The fourth-order valence-corrected chi connectivity index (χ4v) is 1.33. The van der Waals surface area contributed by atoms with Gasteiger partial charge in [0.2, 0.25) is 0 Å². The number of fused-ring (bicyclic) bond motifs is 1. The van der Waals surface area contributed by atoms with Gasteiger partial charge in [0.15, 0.2) is 5.82 Å². The normalized spacial score (nSPS) is 14.1. The van der Waals surface area contributed by atoms with Crippen molar-refractivity contribution in [1.82, 2.24) is 14.9 Å². The van der Waals surface area contributed by atoms with Gasteiger partial charge in [-0.1, -0.05) is 12.2 Å². The summed E-state index contributed by atoms with van der Waals surface area (Å²) in [4.78, 5) is 14.6. The molecule has 0 aromatic carbocycles. The number of hydrogen-bond acceptors (Lipinski definition) is 2. The molecule has 0 radical (unpaired) electrons.